The van der Waals surface area contributed by atoms with Crippen LogP contribution in [0.1, 0.15) is 33.7 Å². The van der Waals surface area contributed by atoms with Gasteiger partial charge in [0, 0.05) is 12.6 Å². The largest absolute Gasteiger partial charge is 0.351 e. The van der Waals surface area contributed by atoms with E-state index in [0.29, 0.717) is 11.4 Å². The molecule has 1 aromatic rings. The first-order valence-electron chi connectivity index (χ1n) is 4.98. The minimum Gasteiger partial charge on any atom is -0.351 e. The molecule has 0 bridgehead atoms. The van der Waals surface area contributed by atoms with Crippen LogP contribution in [0, 0.1) is 13.8 Å². The molecular formula is C10H19Cl2N3OS. The number of amides is 1. The Morgan fingerprint density at radius 3 is 2.47 bits per heavy atom. The molecule has 1 rings (SSSR count). The van der Waals surface area contributed by atoms with Gasteiger partial charge in [-0.2, -0.15) is 0 Å². The molecule has 1 heterocycles. The average Bonchev–Trinajstić information content (AvgIpc) is 2.44. The van der Waals surface area contributed by atoms with E-state index in [-0.39, 0.29) is 36.8 Å². The zero-order chi connectivity index (χ0) is 11.4. The zero-order valence-electron chi connectivity index (χ0n) is 10.1. The van der Waals surface area contributed by atoms with E-state index in [4.69, 9.17) is 5.73 Å². The molecule has 7 heteroatoms. The third-order valence-corrected chi connectivity index (χ3v) is 3.07. The van der Waals surface area contributed by atoms with Crippen LogP contribution in [0.15, 0.2) is 0 Å². The third-order valence-electron chi connectivity index (χ3n) is 1.99. The van der Waals surface area contributed by atoms with Crippen LogP contribution in [-0.2, 0) is 0 Å². The van der Waals surface area contributed by atoms with Gasteiger partial charge in [0.2, 0.25) is 0 Å². The Kier molecular flexibility index (Phi) is 9.71. The SMILES string of the molecule is Cc1nc(C)c(C(=O)NCCC(C)N)s1.Cl.Cl. The maximum Gasteiger partial charge on any atom is 0.263 e. The van der Waals surface area contributed by atoms with E-state index in [1.165, 1.54) is 11.3 Å². The molecule has 0 aromatic carbocycles. The van der Waals surface area contributed by atoms with Gasteiger partial charge in [-0.25, -0.2) is 4.98 Å². The summed E-state index contributed by atoms with van der Waals surface area (Å²) in [5, 5.41) is 3.76. The Bertz CT molecular complexity index is 355. The van der Waals surface area contributed by atoms with Crippen LogP contribution >= 0.6 is 36.2 Å². The van der Waals surface area contributed by atoms with E-state index in [2.05, 4.69) is 10.3 Å². The van der Waals surface area contributed by atoms with Gasteiger partial charge in [0.25, 0.3) is 5.91 Å². The van der Waals surface area contributed by atoms with E-state index in [1.807, 2.05) is 20.8 Å². The van der Waals surface area contributed by atoms with Gasteiger partial charge in [-0.15, -0.1) is 36.2 Å². The molecule has 1 unspecified atom stereocenters. The highest BCUT2D eigenvalue weighted by Gasteiger charge is 2.12. The van der Waals surface area contributed by atoms with Gasteiger partial charge in [0.15, 0.2) is 0 Å². The van der Waals surface area contributed by atoms with Gasteiger partial charge in [0.05, 0.1) is 10.7 Å². The molecule has 1 aromatic heterocycles. The molecule has 4 nitrogen and oxygen atoms in total. The first-order chi connectivity index (χ1) is 7.00. The molecular weight excluding hydrogens is 281 g/mol. The molecule has 17 heavy (non-hydrogen) atoms. The van der Waals surface area contributed by atoms with Crippen molar-refractivity contribution in [3.63, 3.8) is 0 Å². The highest BCUT2D eigenvalue weighted by Crippen LogP contribution is 2.16. The molecule has 1 amide bonds. The fourth-order valence-corrected chi connectivity index (χ4v) is 2.07. The molecule has 0 aliphatic rings. The minimum absolute atomic E-state index is 0. The van der Waals surface area contributed by atoms with Gasteiger partial charge >= 0.3 is 0 Å². The van der Waals surface area contributed by atoms with Gasteiger partial charge < -0.3 is 11.1 Å². The summed E-state index contributed by atoms with van der Waals surface area (Å²) >= 11 is 1.43. The summed E-state index contributed by atoms with van der Waals surface area (Å²) in [5.74, 6) is -0.0428. The first kappa shape index (κ1) is 19.0. The van der Waals surface area contributed by atoms with Crippen LogP contribution in [0.4, 0.5) is 0 Å². The van der Waals surface area contributed by atoms with Crippen LogP contribution in [0.2, 0.25) is 0 Å². The van der Waals surface area contributed by atoms with Gasteiger partial charge in [0.1, 0.15) is 4.88 Å². The van der Waals surface area contributed by atoms with Gasteiger partial charge in [-0.3, -0.25) is 4.79 Å². The third kappa shape index (κ3) is 6.21. The molecule has 0 radical (unpaired) electrons. The fourth-order valence-electron chi connectivity index (χ4n) is 1.24. The number of thiazole rings is 1. The van der Waals surface area contributed by atoms with Crippen molar-refractivity contribution in [1.29, 1.82) is 0 Å². The Labute approximate surface area is 118 Å². The summed E-state index contributed by atoms with van der Waals surface area (Å²) < 4.78 is 0. The Hall–Kier alpha value is -0.360. The van der Waals surface area contributed by atoms with Crippen LogP contribution in [0.25, 0.3) is 0 Å². The lowest BCUT2D eigenvalue weighted by Crippen LogP contribution is -2.28. The second kappa shape index (κ2) is 8.69. The number of nitrogens with one attached hydrogen (secondary N) is 1. The van der Waals surface area contributed by atoms with Crippen molar-refractivity contribution in [2.75, 3.05) is 6.54 Å². The number of hydrogen-bond donors (Lipinski definition) is 2. The lowest BCUT2D eigenvalue weighted by Gasteiger charge is -2.06. The van der Waals surface area contributed by atoms with Gasteiger partial charge in [-0.05, 0) is 27.2 Å². The summed E-state index contributed by atoms with van der Waals surface area (Å²) in [6, 6.07) is 0.120. The summed E-state index contributed by atoms with van der Waals surface area (Å²) in [6.07, 6.45) is 0.794. The van der Waals surface area contributed by atoms with E-state index >= 15 is 0 Å². The van der Waals surface area contributed by atoms with Crippen molar-refractivity contribution in [3.05, 3.63) is 15.6 Å². The van der Waals surface area contributed by atoms with E-state index in [1.54, 1.807) is 0 Å². The van der Waals surface area contributed by atoms with E-state index in [0.717, 1.165) is 17.1 Å². The minimum atomic E-state index is -0.0428. The highest BCUT2D eigenvalue weighted by atomic mass is 35.5. The molecule has 100 valence electrons. The molecule has 1 atom stereocenters. The Balaban J connectivity index is 0. The Morgan fingerprint density at radius 1 is 1.47 bits per heavy atom. The number of nitrogens with zero attached hydrogens (tertiary/aromatic N) is 1. The van der Waals surface area contributed by atoms with Crippen molar-refractivity contribution in [2.24, 2.45) is 5.73 Å². The maximum atomic E-state index is 11.7. The predicted molar refractivity (Wildman–Crippen MR) is 76.7 cm³/mol. The molecule has 0 fully saturated rings. The second-order valence-electron chi connectivity index (χ2n) is 3.67. The van der Waals surface area contributed by atoms with Crippen molar-refractivity contribution in [3.8, 4) is 0 Å². The van der Waals surface area contributed by atoms with E-state index < -0.39 is 0 Å². The number of halogens is 2. The highest BCUT2D eigenvalue weighted by molar-refractivity contribution is 7.13. The summed E-state index contributed by atoms with van der Waals surface area (Å²) in [6.45, 7) is 6.29. The van der Waals surface area contributed by atoms with Crippen molar-refractivity contribution >= 4 is 42.1 Å². The van der Waals surface area contributed by atoms with Crippen LogP contribution < -0.4 is 11.1 Å². The van der Waals surface area contributed by atoms with E-state index in [9.17, 15) is 4.79 Å². The Morgan fingerprint density at radius 2 is 2.06 bits per heavy atom. The van der Waals surface area contributed by atoms with Crippen molar-refractivity contribution < 1.29 is 4.79 Å². The second-order valence-corrected chi connectivity index (χ2v) is 4.87. The van der Waals surface area contributed by atoms with Crippen LogP contribution in [0.3, 0.4) is 0 Å². The normalized spacial score (nSPS) is 11.1. The lowest BCUT2D eigenvalue weighted by atomic mass is 10.2. The molecule has 0 aliphatic carbocycles. The monoisotopic (exact) mass is 299 g/mol. The van der Waals surface area contributed by atoms with Crippen molar-refractivity contribution in [2.45, 2.75) is 33.2 Å². The smallest absolute Gasteiger partial charge is 0.263 e. The van der Waals surface area contributed by atoms with Crippen LogP contribution in [-0.4, -0.2) is 23.5 Å². The van der Waals surface area contributed by atoms with Gasteiger partial charge in [-0.1, -0.05) is 0 Å². The predicted octanol–water partition coefficient (Wildman–Crippen LogP) is 2.07. The first-order valence-corrected chi connectivity index (χ1v) is 5.80. The summed E-state index contributed by atoms with van der Waals surface area (Å²) in [7, 11) is 0. The number of aryl methyl sites for hydroxylation is 2. The number of nitrogens with two attached hydrogens (primary N) is 1. The molecule has 0 aliphatic heterocycles. The molecule has 3 N–H and O–H groups in total. The number of carbonyl (C=O) groups is 1. The average molecular weight is 300 g/mol. The standard InChI is InChI=1S/C10H17N3OS.2ClH/c1-6(11)4-5-12-10(14)9-7(2)13-8(3)15-9;;/h6H,4-5,11H2,1-3H3,(H,12,14);2*1H. The molecule has 0 spiro atoms. The van der Waals surface area contributed by atoms with Crippen LogP contribution in [0.5, 0.6) is 0 Å². The molecule has 0 saturated heterocycles. The quantitative estimate of drug-likeness (QED) is 0.894. The number of aromatic nitrogens is 1. The summed E-state index contributed by atoms with van der Waals surface area (Å²) in [5.41, 5.74) is 6.39. The lowest BCUT2D eigenvalue weighted by molar-refractivity contribution is 0.0956. The molecule has 0 saturated carbocycles. The zero-order valence-corrected chi connectivity index (χ0v) is 12.6. The number of carbonyl (C=O) groups excluding carboxylic acids is 1. The topological polar surface area (TPSA) is 68.0 Å². The number of hydrogen-bond acceptors (Lipinski definition) is 4. The van der Waals surface area contributed by atoms with Crippen molar-refractivity contribution in [1.82, 2.24) is 10.3 Å². The number of rotatable bonds is 4. The fraction of sp³-hybridized carbons (Fsp3) is 0.600. The summed E-state index contributed by atoms with van der Waals surface area (Å²) in [4.78, 5) is 16.6. The maximum absolute atomic E-state index is 11.7.